The Bertz CT molecular complexity index is 1550. The van der Waals surface area contributed by atoms with Crippen molar-refractivity contribution in [2.24, 2.45) is 0 Å². The molecule has 5 aromatic rings. The average Bonchev–Trinajstić information content (AvgIpc) is 3.22. The van der Waals surface area contributed by atoms with E-state index in [0.717, 1.165) is 17.8 Å². The molecule has 0 unspecified atom stereocenters. The largest absolute Gasteiger partial charge is 0.503 e. The summed E-state index contributed by atoms with van der Waals surface area (Å²) in [5, 5.41) is 18.7. The predicted molar refractivity (Wildman–Crippen MR) is 131 cm³/mol. The summed E-state index contributed by atoms with van der Waals surface area (Å²) >= 11 is 0. The number of aromatic nitrogens is 5. The molecule has 0 aliphatic carbocycles. The van der Waals surface area contributed by atoms with E-state index < -0.39 is 11.6 Å². The fraction of sp³-hybridized carbons (Fsp3) is 0.154. The Kier molecular flexibility index (Phi) is 6.16. The number of ether oxygens (including phenoxy) is 1. The molecule has 0 saturated carbocycles. The molecule has 3 heterocycles. The van der Waals surface area contributed by atoms with Gasteiger partial charge >= 0.3 is 0 Å². The fourth-order valence-electron chi connectivity index (χ4n) is 3.89. The van der Waals surface area contributed by atoms with Crippen LogP contribution in [0.2, 0.25) is 0 Å². The highest BCUT2D eigenvalue weighted by Crippen LogP contribution is 2.31. The van der Waals surface area contributed by atoms with Crippen molar-refractivity contribution < 1.29 is 18.6 Å². The number of nitrogens with zero attached hydrogens (tertiary/aromatic N) is 5. The SMILES string of the molecule is CCOc1cc(F)c(Cn2nc(-c3ncc(O)c(Nc4ccnc(C)c4)n3)c3ccccc32)c(F)c1. The number of nitrogens with one attached hydrogen (secondary N) is 1. The lowest BCUT2D eigenvalue weighted by Gasteiger charge is -2.10. The quantitative estimate of drug-likeness (QED) is 0.318. The molecule has 182 valence electrons. The first kappa shape index (κ1) is 23.2. The zero-order valence-corrected chi connectivity index (χ0v) is 19.5. The van der Waals surface area contributed by atoms with Gasteiger partial charge in [0.05, 0.1) is 24.9 Å². The Balaban J connectivity index is 1.55. The van der Waals surface area contributed by atoms with Crippen LogP contribution in [0, 0.1) is 18.6 Å². The third kappa shape index (κ3) is 4.52. The zero-order chi connectivity index (χ0) is 25.2. The summed E-state index contributed by atoms with van der Waals surface area (Å²) in [7, 11) is 0. The number of fused-ring (bicyclic) bond motifs is 1. The van der Waals surface area contributed by atoms with E-state index in [1.807, 2.05) is 31.2 Å². The monoisotopic (exact) mass is 488 g/mol. The van der Waals surface area contributed by atoms with E-state index in [4.69, 9.17) is 4.74 Å². The summed E-state index contributed by atoms with van der Waals surface area (Å²) in [5.74, 6) is -1.03. The Morgan fingerprint density at radius 2 is 1.83 bits per heavy atom. The van der Waals surface area contributed by atoms with E-state index >= 15 is 0 Å². The van der Waals surface area contributed by atoms with Crippen LogP contribution in [0.5, 0.6) is 11.5 Å². The van der Waals surface area contributed by atoms with Gasteiger partial charge in [-0.1, -0.05) is 18.2 Å². The van der Waals surface area contributed by atoms with Crippen molar-refractivity contribution in [3.8, 4) is 23.0 Å². The molecule has 0 atom stereocenters. The molecule has 0 aliphatic rings. The van der Waals surface area contributed by atoms with Gasteiger partial charge in [0.15, 0.2) is 17.4 Å². The average molecular weight is 488 g/mol. The minimum Gasteiger partial charge on any atom is -0.503 e. The van der Waals surface area contributed by atoms with Crippen LogP contribution in [0.1, 0.15) is 18.2 Å². The number of hydrogen-bond donors (Lipinski definition) is 2. The van der Waals surface area contributed by atoms with E-state index in [1.54, 1.807) is 25.3 Å². The summed E-state index contributed by atoms with van der Waals surface area (Å²) in [4.78, 5) is 12.9. The van der Waals surface area contributed by atoms with Gasteiger partial charge in [0.1, 0.15) is 23.1 Å². The first-order valence-electron chi connectivity index (χ1n) is 11.2. The number of aromatic hydroxyl groups is 1. The molecule has 0 saturated heterocycles. The normalized spacial score (nSPS) is 11.1. The highest BCUT2D eigenvalue weighted by atomic mass is 19.1. The summed E-state index contributed by atoms with van der Waals surface area (Å²) in [6, 6.07) is 13.2. The molecule has 0 fully saturated rings. The number of aryl methyl sites for hydroxylation is 1. The highest BCUT2D eigenvalue weighted by molar-refractivity contribution is 5.92. The number of halogens is 2. The molecule has 0 spiro atoms. The number of hydrogen-bond acceptors (Lipinski definition) is 7. The molecular weight excluding hydrogens is 466 g/mol. The van der Waals surface area contributed by atoms with Crippen molar-refractivity contribution in [1.29, 1.82) is 0 Å². The van der Waals surface area contributed by atoms with Crippen LogP contribution < -0.4 is 10.1 Å². The molecule has 0 aliphatic heterocycles. The number of anilines is 2. The maximum Gasteiger partial charge on any atom is 0.183 e. The lowest BCUT2D eigenvalue weighted by molar-refractivity contribution is 0.335. The predicted octanol–water partition coefficient (Wildman–Crippen LogP) is 5.37. The van der Waals surface area contributed by atoms with Crippen molar-refractivity contribution in [2.45, 2.75) is 20.4 Å². The number of benzene rings is 2. The molecule has 0 radical (unpaired) electrons. The van der Waals surface area contributed by atoms with Gasteiger partial charge < -0.3 is 15.2 Å². The molecular formula is C26H22F2N6O2. The Labute approximate surface area is 205 Å². The maximum atomic E-state index is 14.8. The summed E-state index contributed by atoms with van der Waals surface area (Å²) in [5.41, 5.74) is 2.41. The topological polar surface area (TPSA) is 98.0 Å². The van der Waals surface area contributed by atoms with Crippen molar-refractivity contribution in [3.05, 3.63) is 83.8 Å². The van der Waals surface area contributed by atoms with Gasteiger partial charge in [-0.05, 0) is 32.0 Å². The second-order valence-electron chi connectivity index (χ2n) is 8.06. The van der Waals surface area contributed by atoms with E-state index in [1.165, 1.54) is 10.9 Å². The van der Waals surface area contributed by atoms with Crippen molar-refractivity contribution >= 4 is 22.4 Å². The summed E-state index contributed by atoms with van der Waals surface area (Å²) < 4.78 is 36.2. The standard InChI is InChI=1S/C26H22F2N6O2/c1-3-36-17-11-20(27)19(21(28)12-17)14-34-22-7-5-4-6-18(22)24(33-34)26-30-13-23(35)25(32-26)31-16-8-9-29-15(2)10-16/h4-13,35H,3,14H2,1-2H3,(H,29,30,31,32). The van der Waals surface area contributed by atoms with Crippen LogP contribution >= 0.6 is 0 Å². The van der Waals surface area contributed by atoms with Crippen molar-refractivity contribution in [3.63, 3.8) is 0 Å². The second-order valence-corrected chi connectivity index (χ2v) is 8.06. The van der Waals surface area contributed by atoms with E-state index in [-0.39, 0.29) is 35.2 Å². The van der Waals surface area contributed by atoms with Gasteiger partial charge in [-0.25, -0.2) is 18.7 Å². The summed E-state index contributed by atoms with van der Waals surface area (Å²) in [6.45, 7) is 3.75. The third-order valence-electron chi connectivity index (χ3n) is 5.53. The Hall–Kier alpha value is -4.60. The van der Waals surface area contributed by atoms with Crippen LogP contribution in [0.25, 0.3) is 22.4 Å². The fourth-order valence-corrected chi connectivity index (χ4v) is 3.89. The Morgan fingerprint density at radius 1 is 1.06 bits per heavy atom. The molecule has 3 aromatic heterocycles. The first-order chi connectivity index (χ1) is 17.4. The first-order valence-corrected chi connectivity index (χ1v) is 11.2. The van der Waals surface area contributed by atoms with Gasteiger partial charge in [0.2, 0.25) is 0 Å². The Morgan fingerprint density at radius 3 is 2.58 bits per heavy atom. The molecule has 2 N–H and O–H groups in total. The van der Waals surface area contributed by atoms with E-state index in [0.29, 0.717) is 28.9 Å². The number of pyridine rings is 1. The van der Waals surface area contributed by atoms with Crippen molar-refractivity contribution in [1.82, 2.24) is 24.7 Å². The van der Waals surface area contributed by atoms with E-state index in [2.05, 4.69) is 25.4 Å². The zero-order valence-electron chi connectivity index (χ0n) is 19.5. The van der Waals surface area contributed by atoms with Crippen LogP contribution in [-0.4, -0.2) is 36.4 Å². The molecule has 36 heavy (non-hydrogen) atoms. The van der Waals surface area contributed by atoms with Gasteiger partial charge in [-0.15, -0.1) is 0 Å². The highest BCUT2D eigenvalue weighted by Gasteiger charge is 2.19. The van der Waals surface area contributed by atoms with E-state index in [9.17, 15) is 13.9 Å². The number of rotatable bonds is 7. The lowest BCUT2D eigenvalue weighted by atomic mass is 10.1. The lowest BCUT2D eigenvalue weighted by Crippen LogP contribution is -2.07. The van der Waals surface area contributed by atoms with Crippen LogP contribution in [0.3, 0.4) is 0 Å². The van der Waals surface area contributed by atoms with Crippen LogP contribution in [0.15, 0.2) is 60.9 Å². The van der Waals surface area contributed by atoms with Crippen LogP contribution in [0.4, 0.5) is 20.3 Å². The van der Waals surface area contributed by atoms with Gasteiger partial charge in [0.25, 0.3) is 0 Å². The minimum absolute atomic E-state index is 0.129. The molecule has 10 heteroatoms. The smallest absolute Gasteiger partial charge is 0.183 e. The molecule has 0 bridgehead atoms. The van der Waals surface area contributed by atoms with Gasteiger partial charge in [0, 0.05) is 40.7 Å². The molecule has 0 amide bonds. The second kappa shape index (κ2) is 9.57. The van der Waals surface area contributed by atoms with Crippen molar-refractivity contribution in [2.75, 3.05) is 11.9 Å². The number of para-hydroxylation sites is 1. The molecule has 5 rings (SSSR count). The molecule has 8 nitrogen and oxygen atoms in total. The minimum atomic E-state index is -0.723. The molecule has 2 aromatic carbocycles. The third-order valence-corrected chi connectivity index (χ3v) is 5.53. The van der Waals surface area contributed by atoms with Crippen LogP contribution in [-0.2, 0) is 6.54 Å². The van der Waals surface area contributed by atoms with Gasteiger partial charge in [-0.3, -0.25) is 9.67 Å². The van der Waals surface area contributed by atoms with Gasteiger partial charge in [-0.2, -0.15) is 5.10 Å². The maximum absolute atomic E-state index is 14.8. The summed E-state index contributed by atoms with van der Waals surface area (Å²) in [6.07, 6.45) is 2.92.